The van der Waals surface area contributed by atoms with Gasteiger partial charge in [0.1, 0.15) is 5.82 Å². The second-order valence-corrected chi connectivity index (χ2v) is 7.14. The normalized spacial score (nSPS) is 19.4. The molecular weight excluding hydrogens is 449 g/mol. The topological polar surface area (TPSA) is 69.6 Å². The van der Waals surface area contributed by atoms with Gasteiger partial charge >= 0.3 is 12.4 Å². The molecule has 1 heterocycles. The first-order valence-electron chi connectivity index (χ1n) is 9.08. The zero-order chi connectivity index (χ0) is 23.9. The van der Waals surface area contributed by atoms with Crippen LogP contribution in [0.1, 0.15) is 23.1 Å². The van der Waals surface area contributed by atoms with Crippen LogP contribution in [0, 0.1) is 5.82 Å². The smallest absolute Gasteiger partial charge is 0.372 e. The maximum atomic E-state index is 13.1. The summed E-state index contributed by atoms with van der Waals surface area (Å²) in [5, 5.41) is 12.5. The molecule has 1 atom stereocenters. The number of nitrogens with zero attached hydrogens (tertiary/aromatic N) is 1. The largest absolute Gasteiger partial charge is 0.416 e. The van der Waals surface area contributed by atoms with Gasteiger partial charge in [-0.05, 0) is 48.0 Å². The van der Waals surface area contributed by atoms with Gasteiger partial charge in [0, 0.05) is 25.2 Å². The standard InChI is InChI=1S/C20H15F7N2O3/c21-14-1-3-15(4-2-14)29-6-5-18(32,17(29)31)16(30)28-10-11-7-12(19(22,23)24)9-13(8-11)20(25,26)27/h1-4,7-9,32H,5-6,10H2,(H,28,30)/t18-/m0/s1. The molecule has 1 aliphatic rings. The average Bonchev–Trinajstić information content (AvgIpc) is 3.01. The van der Waals surface area contributed by atoms with Crippen LogP contribution in [-0.4, -0.2) is 29.1 Å². The van der Waals surface area contributed by atoms with Crippen LogP contribution in [-0.2, 0) is 28.5 Å². The third-order valence-electron chi connectivity index (χ3n) is 4.91. The average molecular weight is 464 g/mol. The summed E-state index contributed by atoms with van der Waals surface area (Å²) < 4.78 is 90.8. The lowest BCUT2D eigenvalue weighted by atomic mass is 10.0. The molecule has 0 radical (unpaired) electrons. The Bertz CT molecular complexity index is 1000. The molecule has 1 saturated heterocycles. The van der Waals surface area contributed by atoms with Gasteiger partial charge in [0.2, 0.25) is 5.60 Å². The van der Waals surface area contributed by atoms with Crippen molar-refractivity contribution in [2.75, 3.05) is 11.4 Å². The second kappa shape index (κ2) is 8.08. The number of benzene rings is 2. The lowest BCUT2D eigenvalue weighted by molar-refractivity contribution is -0.149. The van der Waals surface area contributed by atoms with Crippen molar-refractivity contribution in [3.05, 3.63) is 65.0 Å². The second-order valence-electron chi connectivity index (χ2n) is 7.14. The monoisotopic (exact) mass is 464 g/mol. The molecule has 2 N–H and O–H groups in total. The predicted molar refractivity (Wildman–Crippen MR) is 96.6 cm³/mol. The van der Waals surface area contributed by atoms with E-state index in [1.165, 1.54) is 12.1 Å². The number of aliphatic hydroxyl groups is 1. The Hall–Kier alpha value is -3.15. The molecule has 0 aliphatic carbocycles. The summed E-state index contributed by atoms with van der Waals surface area (Å²) in [5.74, 6) is -2.91. The number of nitrogens with one attached hydrogen (secondary N) is 1. The number of rotatable bonds is 4. The zero-order valence-corrected chi connectivity index (χ0v) is 16.0. The molecule has 0 spiro atoms. The van der Waals surface area contributed by atoms with Gasteiger partial charge in [-0.25, -0.2) is 4.39 Å². The molecule has 2 aromatic carbocycles. The van der Waals surface area contributed by atoms with Gasteiger partial charge < -0.3 is 15.3 Å². The Balaban J connectivity index is 1.78. The third kappa shape index (κ3) is 4.69. The van der Waals surface area contributed by atoms with E-state index in [0.29, 0.717) is 12.1 Å². The minimum atomic E-state index is -5.06. The fraction of sp³-hybridized carbons (Fsp3) is 0.300. The van der Waals surface area contributed by atoms with Crippen molar-refractivity contribution < 1.29 is 45.4 Å². The number of halogens is 7. The van der Waals surface area contributed by atoms with Crippen molar-refractivity contribution in [3.8, 4) is 0 Å². The van der Waals surface area contributed by atoms with E-state index in [1.807, 2.05) is 5.32 Å². The first-order valence-corrected chi connectivity index (χ1v) is 9.08. The maximum absolute atomic E-state index is 13.1. The number of amides is 2. The molecule has 2 amide bonds. The van der Waals surface area contributed by atoms with Crippen LogP contribution in [0.5, 0.6) is 0 Å². The molecular formula is C20H15F7N2O3. The van der Waals surface area contributed by atoms with E-state index < -0.39 is 58.8 Å². The zero-order valence-electron chi connectivity index (χ0n) is 16.0. The van der Waals surface area contributed by atoms with Crippen molar-refractivity contribution in [2.45, 2.75) is 30.9 Å². The Morgan fingerprint density at radius 1 is 1.00 bits per heavy atom. The minimum Gasteiger partial charge on any atom is -0.372 e. The summed E-state index contributed by atoms with van der Waals surface area (Å²) >= 11 is 0. The fourth-order valence-corrected chi connectivity index (χ4v) is 3.23. The molecule has 0 unspecified atom stereocenters. The highest BCUT2D eigenvalue weighted by Crippen LogP contribution is 2.36. The lowest BCUT2D eigenvalue weighted by Gasteiger charge is -2.22. The van der Waals surface area contributed by atoms with Gasteiger partial charge in [0.05, 0.1) is 11.1 Å². The molecule has 0 bridgehead atoms. The molecule has 32 heavy (non-hydrogen) atoms. The van der Waals surface area contributed by atoms with Gasteiger partial charge in [-0.2, -0.15) is 26.3 Å². The third-order valence-corrected chi connectivity index (χ3v) is 4.91. The van der Waals surface area contributed by atoms with E-state index in [-0.39, 0.29) is 24.7 Å². The highest BCUT2D eigenvalue weighted by molar-refractivity contribution is 6.16. The number of hydrogen-bond acceptors (Lipinski definition) is 3. The fourth-order valence-electron chi connectivity index (χ4n) is 3.23. The highest BCUT2D eigenvalue weighted by Gasteiger charge is 2.51. The molecule has 0 saturated carbocycles. The van der Waals surface area contributed by atoms with Crippen molar-refractivity contribution in [1.29, 1.82) is 0 Å². The summed E-state index contributed by atoms with van der Waals surface area (Å²) in [6.45, 7) is -0.909. The van der Waals surface area contributed by atoms with Crippen LogP contribution in [0.4, 0.5) is 36.4 Å². The summed E-state index contributed by atoms with van der Waals surface area (Å²) in [5.41, 5.74) is -6.02. The Morgan fingerprint density at radius 3 is 2.03 bits per heavy atom. The number of carbonyl (C=O) groups excluding carboxylic acids is 2. The van der Waals surface area contributed by atoms with E-state index in [1.54, 1.807) is 0 Å². The van der Waals surface area contributed by atoms with Gasteiger partial charge in [0.25, 0.3) is 11.8 Å². The lowest BCUT2D eigenvalue weighted by Crippen LogP contribution is -2.52. The van der Waals surface area contributed by atoms with Gasteiger partial charge in [-0.15, -0.1) is 0 Å². The quantitative estimate of drug-likeness (QED) is 0.536. The highest BCUT2D eigenvalue weighted by atomic mass is 19.4. The number of alkyl halides is 6. The molecule has 0 aromatic heterocycles. The van der Waals surface area contributed by atoms with Crippen molar-refractivity contribution in [2.24, 2.45) is 0 Å². The van der Waals surface area contributed by atoms with Crippen molar-refractivity contribution >= 4 is 17.5 Å². The van der Waals surface area contributed by atoms with E-state index in [2.05, 4.69) is 0 Å². The maximum Gasteiger partial charge on any atom is 0.416 e. The van der Waals surface area contributed by atoms with Gasteiger partial charge in [-0.3, -0.25) is 9.59 Å². The molecule has 1 aliphatic heterocycles. The Kier molecular flexibility index (Phi) is 5.94. The molecule has 2 aromatic rings. The van der Waals surface area contributed by atoms with Crippen LogP contribution in [0.25, 0.3) is 0 Å². The Morgan fingerprint density at radius 2 is 1.53 bits per heavy atom. The number of hydrogen-bond donors (Lipinski definition) is 2. The summed E-state index contributed by atoms with van der Waals surface area (Å²) in [6, 6.07) is 5.43. The molecule has 172 valence electrons. The minimum absolute atomic E-state index is 0.0556. The summed E-state index contributed by atoms with van der Waals surface area (Å²) in [6.07, 6.45) is -10.5. The summed E-state index contributed by atoms with van der Waals surface area (Å²) in [7, 11) is 0. The van der Waals surface area contributed by atoms with Crippen LogP contribution in [0.15, 0.2) is 42.5 Å². The van der Waals surface area contributed by atoms with Gasteiger partial charge in [-0.1, -0.05) is 0 Å². The SMILES string of the molecule is O=C(NCc1cc(C(F)(F)F)cc(C(F)(F)F)c1)[C@@]1(O)CCN(c2ccc(F)cc2)C1=O. The predicted octanol–water partition coefficient (Wildman–Crippen LogP) is 3.65. The first kappa shape index (κ1) is 23.5. The van der Waals surface area contributed by atoms with Gasteiger partial charge in [0.15, 0.2) is 0 Å². The van der Waals surface area contributed by atoms with E-state index in [9.17, 15) is 45.4 Å². The summed E-state index contributed by atoms with van der Waals surface area (Å²) in [4.78, 5) is 26.0. The van der Waals surface area contributed by atoms with Crippen molar-refractivity contribution in [1.82, 2.24) is 5.32 Å². The van der Waals surface area contributed by atoms with Crippen LogP contribution in [0.3, 0.4) is 0 Å². The Labute approximate surface area is 176 Å². The van der Waals surface area contributed by atoms with Crippen LogP contribution >= 0.6 is 0 Å². The number of carbonyl (C=O) groups is 2. The molecule has 1 fully saturated rings. The van der Waals surface area contributed by atoms with Crippen molar-refractivity contribution in [3.63, 3.8) is 0 Å². The first-order chi connectivity index (χ1) is 14.7. The van der Waals surface area contributed by atoms with E-state index >= 15 is 0 Å². The molecule has 12 heteroatoms. The molecule has 5 nitrogen and oxygen atoms in total. The van der Waals surface area contributed by atoms with E-state index in [0.717, 1.165) is 17.0 Å². The van der Waals surface area contributed by atoms with Crippen LogP contribution in [0.2, 0.25) is 0 Å². The van der Waals surface area contributed by atoms with E-state index in [4.69, 9.17) is 0 Å². The molecule has 3 rings (SSSR count). The number of anilines is 1. The van der Waals surface area contributed by atoms with Crippen LogP contribution < -0.4 is 10.2 Å².